The number of carbonyl (C=O) groups is 1. The van der Waals surface area contributed by atoms with Gasteiger partial charge in [0.2, 0.25) is 11.9 Å². The predicted molar refractivity (Wildman–Crippen MR) is 105 cm³/mol. The summed E-state index contributed by atoms with van der Waals surface area (Å²) in [5.74, 6) is 1.29. The van der Waals surface area contributed by atoms with Crippen molar-refractivity contribution in [2.45, 2.75) is 6.92 Å². The summed E-state index contributed by atoms with van der Waals surface area (Å²) in [6, 6.07) is 6.86. The molecule has 2 fully saturated rings. The lowest BCUT2D eigenvalue weighted by atomic mass is 10.2. The molecule has 28 heavy (non-hydrogen) atoms. The topological polar surface area (TPSA) is 68.7 Å². The lowest BCUT2D eigenvalue weighted by Crippen LogP contribution is -2.49. The van der Waals surface area contributed by atoms with Crippen LogP contribution < -0.4 is 14.7 Å². The van der Waals surface area contributed by atoms with Crippen LogP contribution in [0.5, 0.6) is 0 Å². The number of benzene rings is 1. The first-order chi connectivity index (χ1) is 13.6. The third-order valence-corrected chi connectivity index (χ3v) is 5.34. The number of hydrogen-bond acceptors (Lipinski definition) is 7. The number of nitrogens with zero attached hydrogens (tertiary/aromatic N) is 7. The molecule has 148 valence electrons. The lowest BCUT2D eigenvalue weighted by Gasteiger charge is -2.37. The highest BCUT2D eigenvalue weighted by molar-refractivity contribution is 5.73. The first kappa shape index (κ1) is 18.4. The second-order valence-corrected chi connectivity index (χ2v) is 7.03. The molecule has 2 aromatic rings. The van der Waals surface area contributed by atoms with E-state index in [1.807, 2.05) is 21.9 Å². The van der Waals surface area contributed by atoms with Gasteiger partial charge in [0.25, 0.3) is 0 Å². The molecule has 0 N–H and O–H groups in total. The molecule has 0 atom stereocenters. The van der Waals surface area contributed by atoms with Crippen LogP contribution in [0.4, 0.5) is 21.8 Å². The van der Waals surface area contributed by atoms with Crippen molar-refractivity contribution >= 4 is 23.4 Å². The Morgan fingerprint density at radius 1 is 0.929 bits per heavy atom. The van der Waals surface area contributed by atoms with Gasteiger partial charge in [0.1, 0.15) is 5.82 Å². The van der Waals surface area contributed by atoms with Crippen molar-refractivity contribution in [1.82, 2.24) is 20.1 Å². The van der Waals surface area contributed by atoms with Crippen molar-refractivity contribution in [3.63, 3.8) is 0 Å². The summed E-state index contributed by atoms with van der Waals surface area (Å²) >= 11 is 0. The number of rotatable bonds is 3. The van der Waals surface area contributed by atoms with E-state index in [0.29, 0.717) is 50.9 Å². The Morgan fingerprint density at radius 3 is 2.25 bits per heavy atom. The van der Waals surface area contributed by atoms with Gasteiger partial charge in [-0.3, -0.25) is 4.79 Å². The Kier molecular flexibility index (Phi) is 5.23. The van der Waals surface area contributed by atoms with Crippen molar-refractivity contribution in [1.29, 1.82) is 0 Å². The SMILES string of the molecule is CC(=O)N1CCN(c2cnnc(N3CCN(c4ccccc4F)CC3)n2)CC1. The Bertz CT molecular complexity index is 833. The van der Waals surface area contributed by atoms with Crippen LogP contribution in [0, 0.1) is 5.82 Å². The molecule has 0 bridgehead atoms. The highest BCUT2D eigenvalue weighted by Crippen LogP contribution is 2.22. The van der Waals surface area contributed by atoms with E-state index >= 15 is 0 Å². The van der Waals surface area contributed by atoms with Gasteiger partial charge in [-0.05, 0) is 12.1 Å². The largest absolute Gasteiger partial charge is 0.366 e. The van der Waals surface area contributed by atoms with Crippen LogP contribution >= 0.6 is 0 Å². The maximum atomic E-state index is 14.0. The van der Waals surface area contributed by atoms with Crippen LogP contribution in [0.2, 0.25) is 0 Å². The van der Waals surface area contributed by atoms with Gasteiger partial charge >= 0.3 is 0 Å². The van der Waals surface area contributed by atoms with Crippen LogP contribution in [0.3, 0.4) is 0 Å². The molecule has 2 aliphatic heterocycles. The Morgan fingerprint density at radius 2 is 1.57 bits per heavy atom. The summed E-state index contributed by atoms with van der Waals surface area (Å²) in [7, 11) is 0. The molecule has 1 amide bonds. The van der Waals surface area contributed by atoms with E-state index in [9.17, 15) is 9.18 Å². The zero-order chi connectivity index (χ0) is 19.5. The Hall–Kier alpha value is -2.97. The lowest BCUT2D eigenvalue weighted by molar-refractivity contribution is -0.129. The number of halogens is 1. The maximum Gasteiger partial charge on any atom is 0.247 e. The summed E-state index contributed by atoms with van der Waals surface area (Å²) in [5, 5.41) is 8.33. The molecule has 3 heterocycles. The minimum absolute atomic E-state index is 0.105. The predicted octanol–water partition coefficient (Wildman–Crippen LogP) is 1.01. The van der Waals surface area contributed by atoms with Gasteiger partial charge in [-0.25, -0.2) is 4.39 Å². The number of piperazine rings is 2. The molecule has 0 saturated carbocycles. The monoisotopic (exact) mass is 385 g/mol. The zero-order valence-corrected chi connectivity index (χ0v) is 16.0. The first-order valence-corrected chi connectivity index (χ1v) is 9.56. The summed E-state index contributed by atoms with van der Waals surface area (Å²) in [5.41, 5.74) is 0.637. The van der Waals surface area contributed by atoms with Crippen molar-refractivity contribution < 1.29 is 9.18 Å². The molecule has 2 aliphatic rings. The zero-order valence-electron chi connectivity index (χ0n) is 16.0. The fourth-order valence-electron chi connectivity index (χ4n) is 3.68. The molecule has 0 aliphatic carbocycles. The summed E-state index contributed by atoms with van der Waals surface area (Å²) < 4.78 is 14.0. The second kappa shape index (κ2) is 7.95. The summed E-state index contributed by atoms with van der Waals surface area (Å²) in [6.45, 7) is 7.26. The third kappa shape index (κ3) is 3.83. The van der Waals surface area contributed by atoms with Gasteiger partial charge in [0, 0.05) is 59.3 Å². The molecule has 0 radical (unpaired) electrons. The van der Waals surface area contributed by atoms with E-state index in [-0.39, 0.29) is 11.7 Å². The molecule has 1 aromatic heterocycles. The molecule has 1 aromatic carbocycles. The average molecular weight is 385 g/mol. The third-order valence-electron chi connectivity index (χ3n) is 5.34. The Balaban J connectivity index is 1.39. The van der Waals surface area contributed by atoms with Crippen molar-refractivity contribution in [3.05, 3.63) is 36.3 Å². The highest BCUT2D eigenvalue weighted by atomic mass is 19.1. The van der Waals surface area contributed by atoms with Gasteiger partial charge in [-0.2, -0.15) is 10.1 Å². The number of amides is 1. The fourth-order valence-corrected chi connectivity index (χ4v) is 3.68. The van der Waals surface area contributed by atoms with E-state index in [1.54, 1.807) is 19.2 Å². The average Bonchev–Trinajstić information content (AvgIpc) is 2.74. The second-order valence-electron chi connectivity index (χ2n) is 7.03. The molecule has 0 unspecified atom stereocenters. The van der Waals surface area contributed by atoms with Crippen LogP contribution in [0.25, 0.3) is 0 Å². The molecule has 0 spiro atoms. The van der Waals surface area contributed by atoms with Crippen LogP contribution in [-0.2, 0) is 4.79 Å². The molecular formula is C19H24FN7O. The molecule has 4 rings (SSSR count). The van der Waals surface area contributed by atoms with E-state index in [1.165, 1.54) is 6.07 Å². The van der Waals surface area contributed by atoms with E-state index < -0.39 is 0 Å². The number of aromatic nitrogens is 3. The quantitative estimate of drug-likeness (QED) is 0.781. The number of hydrogen-bond donors (Lipinski definition) is 0. The standard InChI is InChI=1S/C19H24FN7O/c1-15(28)24-6-10-26(11-7-24)18-14-21-23-19(22-18)27-12-8-25(9-13-27)17-5-3-2-4-16(17)20/h2-5,14H,6-13H2,1H3. The van der Waals surface area contributed by atoms with Gasteiger partial charge in [-0.1, -0.05) is 12.1 Å². The van der Waals surface area contributed by atoms with E-state index in [4.69, 9.17) is 0 Å². The molecule has 9 heteroatoms. The highest BCUT2D eigenvalue weighted by Gasteiger charge is 2.24. The summed E-state index contributed by atoms with van der Waals surface area (Å²) in [4.78, 5) is 24.3. The maximum absolute atomic E-state index is 14.0. The van der Waals surface area contributed by atoms with Gasteiger partial charge in [0.05, 0.1) is 11.9 Å². The number of para-hydroxylation sites is 1. The molecule has 8 nitrogen and oxygen atoms in total. The van der Waals surface area contributed by atoms with Crippen LogP contribution in [0.1, 0.15) is 6.92 Å². The number of anilines is 3. The van der Waals surface area contributed by atoms with Gasteiger partial charge < -0.3 is 19.6 Å². The van der Waals surface area contributed by atoms with Crippen molar-refractivity contribution in [3.8, 4) is 0 Å². The van der Waals surface area contributed by atoms with Crippen molar-refractivity contribution in [2.24, 2.45) is 0 Å². The molecular weight excluding hydrogens is 361 g/mol. The van der Waals surface area contributed by atoms with E-state index in [0.717, 1.165) is 18.9 Å². The Labute approximate surface area is 163 Å². The minimum Gasteiger partial charge on any atom is -0.366 e. The normalized spacial score (nSPS) is 17.8. The summed E-state index contributed by atoms with van der Waals surface area (Å²) in [6.07, 6.45) is 1.67. The smallest absolute Gasteiger partial charge is 0.247 e. The molecule has 2 saturated heterocycles. The van der Waals surface area contributed by atoms with E-state index in [2.05, 4.69) is 25.0 Å². The first-order valence-electron chi connectivity index (χ1n) is 9.56. The van der Waals surface area contributed by atoms with Gasteiger partial charge in [-0.15, -0.1) is 5.10 Å². The van der Waals surface area contributed by atoms with Crippen molar-refractivity contribution in [2.75, 3.05) is 67.1 Å². The van der Waals surface area contributed by atoms with Crippen LogP contribution in [-0.4, -0.2) is 78.3 Å². The minimum atomic E-state index is -0.194. The van der Waals surface area contributed by atoms with Gasteiger partial charge in [0.15, 0.2) is 5.82 Å². The van der Waals surface area contributed by atoms with Crippen LogP contribution in [0.15, 0.2) is 30.5 Å². The number of carbonyl (C=O) groups excluding carboxylic acids is 1. The fraction of sp³-hybridized carbons (Fsp3) is 0.474.